The zero-order chi connectivity index (χ0) is 23.9. The number of nitrogens with one attached hydrogen (secondary N) is 2. The van der Waals surface area contributed by atoms with Crippen LogP contribution in [0.5, 0.6) is 0 Å². The van der Waals surface area contributed by atoms with E-state index in [0.717, 1.165) is 30.4 Å². The summed E-state index contributed by atoms with van der Waals surface area (Å²) >= 11 is 0. The van der Waals surface area contributed by atoms with E-state index in [9.17, 15) is 18.0 Å². The van der Waals surface area contributed by atoms with Crippen LogP contribution in [0.25, 0.3) is 16.7 Å². The molecular formula is C22H20F3N7O2. The second-order valence-corrected chi connectivity index (χ2v) is 7.89. The standard InChI is InChI=1S/C22H20F3N7O2/c1-13-14(11-31-7-2-8-34-31)12-32(30-13)19-5-6-26-21(29-19)28-15-3-4-18-16(9-15)17(10-27-18)20(33)22(23,24)25/h3-6,9-10,12,27H,2,7-8,11H2,1H3,(H,26,28,29). The lowest BCUT2D eigenvalue weighted by Crippen LogP contribution is -2.22. The van der Waals surface area contributed by atoms with Crippen molar-refractivity contribution in [1.29, 1.82) is 0 Å². The Morgan fingerprint density at radius 3 is 2.91 bits per heavy atom. The first kappa shape index (κ1) is 22.0. The Hall–Kier alpha value is -3.77. The van der Waals surface area contributed by atoms with Gasteiger partial charge in [-0.1, -0.05) is 0 Å². The minimum atomic E-state index is -4.96. The van der Waals surface area contributed by atoms with Crippen molar-refractivity contribution in [3.05, 3.63) is 59.7 Å². The van der Waals surface area contributed by atoms with Gasteiger partial charge in [0.05, 0.1) is 24.4 Å². The number of H-pyrrole nitrogens is 1. The smallest absolute Gasteiger partial charge is 0.360 e. The van der Waals surface area contributed by atoms with Crippen LogP contribution < -0.4 is 5.32 Å². The predicted molar refractivity (Wildman–Crippen MR) is 117 cm³/mol. The first-order valence-corrected chi connectivity index (χ1v) is 10.5. The van der Waals surface area contributed by atoms with Gasteiger partial charge in [-0.05, 0) is 31.5 Å². The highest BCUT2D eigenvalue weighted by Crippen LogP contribution is 2.29. The molecule has 0 aliphatic carbocycles. The third-order valence-corrected chi connectivity index (χ3v) is 5.49. The van der Waals surface area contributed by atoms with Crippen molar-refractivity contribution in [1.82, 2.24) is 29.8 Å². The van der Waals surface area contributed by atoms with Gasteiger partial charge in [0.25, 0.3) is 5.78 Å². The van der Waals surface area contributed by atoms with E-state index >= 15 is 0 Å². The molecule has 34 heavy (non-hydrogen) atoms. The van der Waals surface area contributed by atoms with E-state index in [1.54, 1.807) is 29.1 Å². The largest absolute Gasteiger partial charge is 0.454 e. The first-order chi connectivity index (χ1) is 16.3. The van der Waals surface area contributed by atoms with E-state index < -0.39 is 17.5 Å². The number of aromatic nitrogens is 5. The van der Waals surface area contributed by atoms with E-state index in [4.69, 9.17) is 4.84 Å². The number of carbonyl (C=O) groups is 1. The number of aromatic amines is 1. The molecule has 0 atom stereocenters. The number of hydroxylamine groups is 2. The Bertz CT molecular complexity index is 1360. The van der Waals surface area contributed by atoms with Crippen molar-refractivity contribution >= 4 is 28.3 Å². The Morgan fingerprint density at radius 2 is 2.15 bits per heavy atom. The van der Waals surface area contributed by atoms with E-state index in [-0.39, 0.29) is 11.3 Å². The normalized spacial score (nSPS) is 14.7. The number of hydrogen-bond donors (Lipinski definition) is 2. The van der Waals surface area contributed by atoms with Crippen LogP contribution in [0.2, 0.25) is 0 Å². The summed E-state index contributed by atoms with van der Waals surface area (Å²) in [6.45, 7) is 4.12. The van der Waals surface area contributed by atoms with E-state index in [2.05, 4.69) is 25.4 Å². The van der Waals surface area contributed by atoms with Gasteiger partial charge < -0.3 is 10.3 Å². The lowest BCUT2D eigenvalue weighted by atomic mass is 10.1. The van der Waals surface area contributed by atoms with Crippen LogP contribution in [-0.2, 0) is 11.4 Å². The van der Waals surface area contributed by atoms with Gasteiger partial charge in [-0.2, -0.15) is 28.3 Å². The number of benzene rings is 1. The van der Waals surface area contributed by atoms with Gasteiger partial charge in [-0.3, -0.25) is 9.63 Å². The Kier molecular flexibility index (Phi) is 5.54. The lowest BCUT2D eigenvalue weighted by molar-refractivity contribution is -0.117. The molecule has 5 rings (SSSR count). The Balaban J connectivity index is 1.39. The fourth-order valence-corrected chi connectivity index (χ4v) is 3.79. The summed E-state index contributed by atoms with van der Waals surface area (Å²) in [7, 11) is 0. The number of alkyl halides is 3. The minimum absolute atomic E-state index is 0.153. The summed E-state index contributed by atoms with van der Waals surface area (Å²) in [5.74, 6) is -1.16. The third kappa shape index (κ3) is 4.37. The average Bonchev–Trinajstić information content (AvgIpc) is 3.54. The zero-order valence-electron chi connectivity index (χ0n) is 18.1. The second kappa shape index (κ2) is 8.54. The summed E-state index contributed by atoms with van der Waals surface area (Å²) in [5.41, 5.74) is 2.26. The van der Waals surface area contributed by atoms with Gasteiger partial charge in [0.1, 0.15) is 0 Å². The van der Waals surface area contributed by atoms with E-state index in [1.165, 1.54) is 6.07 Å². The molecule has 1 aliphatic rings. The van der Waals surface area contributed by atoms with Crippen LogP contribution in [0.15, 0.2) is 42.9 Å². The highest BCUT2D eigenvalue weighted by atomic mass is 19.4. The Morgan fingerprint density at radius 1 is 1.29 bits per heavy atom. The van der Waals surface area contributed by atoms with Gasteiger partial charge in [0.2, 0.25) is 5.95 Å². The maximum absolute atomic E-state index is 12.9. The van der Waals surface area contributed by atoms with Gasteiger partial charge >= 0.3 is 6.18 Å². The van der Waals surface area contributed by atoms with Crippen LogP contribution in [-0.4, -0.2) is 54.9 Å². The number of nitrogens with zero attached hydrogens (tertiary/aromatic N) is 5. The lowest BCUT2D eigenvalue weighted by Gasteiger charge is -2.12. The van der Waals surface area contributed by atoms with Crippen molar-refractivity contribution in [2.24, 2.45) is 0 Å². The molecule has 1 saturated heterocycles. The number of carbonyl (C=O) groups excluding carboxylic acids is 1. The molecule has 0 unspecified atom stereocenters. The van der Waals surface area contributed by atoms with Gasteiger partial charge in [0, 0.05) is 53.4 Å². The molecule has 0 spiro atoms. The molecule has 0 amide bonds. The van der Waals surface area contributed by atoms with Crippen LogP contribution in [0.1, 0.15) is 28.0 Å². The molecule has 0 saturated carbocycles. The maximum Gasteiger partial charge on any atom is 0.454 e. The summed E-state index contributed by atoms with van der Waals surface area (Å²) in [5, 5.41) is 9.56. The molecule has 2 N–H and O–H groups in total. The molecule has 3 aromatic heterocycles. The fraction of sp³-hybridized carbons (Fsp3) is 0.273. The molecule has 9 nitrogen and oxygen atoms in total. The Labute approximate surface area is 191 Å². The minimum Gasteiger partial charge on any atom is -0.360 e. The summed E-state index contributed by atoms with van der Waals surface area (Å²) in [6.07, 6.45) is 0.529. The fourth-order valence-electron chi connectivity index (χ4n) is 3.79. The summed E-state index contributed by atoms with van der Waals surface area (Å²) in [4.78, 5) is 28.6. The molecule has 1 aliphatic heterocycles. The van der Waals surface area contributed by atoms with Crippen molar-refractivity contribution in [2.75, 3.05) is 18.5 Å². The molecular weight excluding hydrogens is 451 g/mol. The predicted octanol–water partition coefficient (Wildman–Crippen LogP) is 4.08. The molecule has 176 valence electrons. The monoisotopic (exact) mass is 471 g/mol. The third-order valence-electron chi connectivity index (χ3n) is 5.49. The highest BCUT2D eigenvalue weighted by molar-refractivity contribution is 6.11. The van der Waals surface area contributed by atoms with Gasteiger partial charge in [-0.15, -0.1) is 0 Å². The number of rotatable bonds is 6. The maximum atomic E-state index is 12.9. The van der Waals surface area contributed by atoms with Gasteiger partial charge in [0.15, 0.2) is 5.82 Å². The van der Waals surface area contributed by atoms with Crippen LogP contribution in [0.3, 0.4) is 0 Å². The SMILES string of the molecule is Cc1nn(-c2ccnc(Nc3ccc4[nH]cc(C(=O)C(F)(F)F)c4c3)n2)cc1CN1CCCO1. The number of anilines is 2. The quantitative estimate of drug-likeness (QED) is 0.409. The molecule has 12 heteroatoms. The van der Waals surface area contributed by atoms with E-state index in [1.807, 2.05) is 18.2 Å². The van der Waals surface area contributed by atoms with Crippen molar-refractivity contribution < 1.29 is 22.8 Å². The van der Waals surface area contributed by atoms with Crippen molar-refractivity contribution in [3.63, 3.8) is 0 Å². The van der Waals surface area contributed by atoms with Crippen LogP contribution in [0, 0.1) is 6.92 Å². The number of Topliss-reactive ketones (excluding diaryl/α,β-unsaturated/α-hetero) is 1. The summed E-state index contributed by atoms with van der Waals surface area (Å²) in [6, 6.07) is 6.39. The number of fused-ring (bicyclic) bond motifs is 1. The van der Waals surface area contributed by atoms with Crippen molar-refractivity contribution in [3.8, 4) is 5.82 Å². The molecule has 4 aromatic rings. The first-order valence-electron chi connectivity index (χ1n) is 10.5. The second-order valence-electron chi connectivity index (χ2n) is 7.89. The molecule has 1 aromatic carbocycles. The van der Waals surface area contributed by atoms with Crippen LogP contribution in [0.4, 0.5) is 24.8 Å². The zero-order valence-corrected chi connectivity index (χ0v) is 18.1. The van der Waals surface area contributed by atoms with Crippen molar-refractivity contribution in [2.45, 2.75) is 26.1 Å². The molecule has 1 fully saturated rings. The number of halogens is 3. The van der Waals surface area contributed by atoms with Crippen LogP contribution >= 0.6 is 0 Å². The average molecular weight is 471 g/mol. The topological polar surface area (TPSA) is 101 Å². The number of hydrogen-bond acceptors (Lipinski definition) is 7. The number of ketones is 1. The molecule has 4 heterocycles. The molecule has 0 bridgehead atoms. The van der Waals surface area contributed by atoms with Gasteiger partial charge in [-0.25, -0.2) is 9.67 Å². The molecule has 0 radical (unpaired) electrons. The number of aryl methyl sites for hydroxylation is 1. The highest BCUT2D eigenvalue weighted by Gasteiger charge is 2.40. The van der Waals surface area contributed by atoms with E-state index in [0.29, 0.717) is 30.2 Å². The summed E-state index contributed by atoms with van der Waals surface area (Å²) < 4.78 is 40.4.